The zero-order valence-electron chi connectivity index (χ0n) is 13.8. The SMILES string of the molecule is CSc1ccccc1-c1nc(-c2ccc(C(C)(C)C)cc2)no1. The van der Waals surface area contributed by atoms with Gasteiger partial charge in [-0.3, -0.25) is 0 Å². The monoisotopic (exact) mass is 324 g/mol. The van der Waals surface area contributed by atoms with Crippen LogP contribution in [-0.2, 0) is 5.41 Å². The molecule has 118 valence electrons. The number of benzene rings is 2. The standard InChI is InChI=1S/C19H20N2OS/c1-19(2,3)14-11-9-13(10-12-14)17-20-18(22-21-17)15-7-5-6-8-16(15)23-4/h5-12H,1-4H3. The molecule has 3 rings (SSSR count). The molecule has 3 aromatic rings. The van der Waals surface area contributed by atoms with Crippen molar-refractivity contribution in [2.24, 2.45) is 0 Å². The van der Waals surface area contributed by atoms with Crippen LogP contribution in [0.4, 0.5) is 0 Å². The van der Waals surface area contributed by atoms with E-state index in [-0.39, 0.29) is 5.41 Å². The van der Waals surface area contributed by atoms with Crippen LogP contribution in [0.15, 0.2) is 57.9 Å². The van der Waals surface area contributed by atoms with E-state index in [0.717, 1.165) is 16.0 Å². The van der Waals surface area contributed by atoms with Crippen molar-refractivity contribution in [1.82, 2.24) is 10.1 Å². The van der Waals surface area contributed by atoms with Gasteiger partial charge in [0, 0.05) is 10.5 Å². The average Bonchev–Trinajstić information content (AvgIpc) is 3.04. The van der Waals surface area contributed by atoms with Gasteiger partial charge in [-0.05, 0) is 29.4 Å². The molecule has 1 heterocycles. The van der Waals surface area contributed by atoms with E-state index in [0.29, 0.717) is 11.7 Å². The summed E-state index contributed by atoms with van der Waals surface area (Å²) in [5, 5.41) is 4.13. The van der Waals surface area contributed by atoms with Gasteiger partial charge >= 0.3 is 0 Å². The van der Waals surface area contributed by atoms with Crippen molar-refractivity contribution in [2.75, 3.05) is 6.26 Å². The van der Waals surface area contributed by atoms with Gasteiger partial charge in [0.25, 0.3) is 5.89 Å². The van der Waals surface area contributed by atoms with Crippen LogP contribution in [-0.4, -0.2) is 16.4 Å². The van der Waals surface area contributed by atoms with E-state index in [4.69, 9.17) is 4.52 Å². The lowest BCUT2D eigenvalue weighted by atomic mass is 9.87. The third-order valence-corrected chi connectivity index (χ3v) is 4.57. The quantitative estimate of drug-likeness (QED) is 0.603. The van der Waals surface area contributed by atoms with E-state index in [1.165, 1.54) is 5.56 Å². The van der Waals surface area contributed by atoms with Crippen LogP contribution in [0.2, 0.25) is 0 Å². The second kappa shape index (κ2) is 6.20. The van der Waals surface area contributed by atoms with Crippen LogP contribution in [0.5, 0.6) is 0 Å². The first-order valence-electron chi connectivity index (χ1n) is 7.57. The molecule has 0 spiro atoms. The molecule has 0 aliphatic carbocycles. The molecule has 0 atom stereocenters. The highest BCUT2D eigenvalue weighted by molar-refractivity contribution is 7.98. The smallest absolute Gasteiger partial charge is 0.259 e. The molecule has 0 bridgehead atoms. The summed E-state index contributed by atoms with van der Waals surface area (Å²) >= 11 is 1.67. The van der Waals surface area contributed by atoms with E-state index in [2.05, 4.69) is 61.2 Å². The van der Waals surface area contributed by atoms with Gasteiger partial charge in [0.15, 0.2) is 0 Å². The molecule has 0 radical (unpaired) electrons. The zero-order chi connectivity index (χ0) is 16.4. The van der Waals surface area contributed by atoms with Crippen molar-refractivity contribution >= 4 is 11.8 Å². The third kappa shape index (κ3) is 3.32. The number of thioether (sulfide) groups is 1. The molecule has 2 aromatic carbocycles. The van der Waals surface area contributed by atoms with E-state index in [9.17, 15) is 0 Å². The normalized spacial score (nSPS) is 11.7. The molecule has 0 aliphatic rings. The Morgan fingerprint density at radius 3 is 2.30 bits per heavy atom. The Kier molecular flexibility index (Phi) is 4.26. The fourth-order valence-electron chi connectivity index (χ4n) is 2.39. The first kappa shape index (κ1) is 15.8. The summed E-state index contributed by atoms with van der Waals surface area (Å²) in [5.74, 6) is 1.18. The van der Waals surface area contributed by atoms with Gasteiger partial charge in [-0.25, -0.2) is 0 Å². The molecule has 0 saturated carbocycles. The lowest BCUT2D eigenvalue weighted by molar-refractivity contribution is 0.431. The highest BCUT2D eigenvalue weighted by atomic mass is 32.2. The summed E-state index contributed by atoms with van der Waals surface area (Å²) in [6.45, 7) is 6.61. The van der Waals surface area contributed by atoms with Crippen molar-refractivity contribution in [1.29, 1.82) is 0 Å². The Morgan fingerprint density at radius 2 is 1.65 bits per heavy atom. The minimum atomic E-state index is 0.137. The van der Waals surface area contributed by atoms with E-state index < -0.39 is 0 Å². The third-order valence-electron chi connectivity index (χ3n) is 3.77. The molecular formula is C19H20N2OS. The molecule has 0 amide bonds. The van der Waals surface area contributed by atoms with Crippen LogP contribution in [0.3, 0.4) is 0 Å². The van der Waals surface area contributed by atoms with Crippen molar-refractivity contribution in [2.45, 2.75) is 31.1 Å². The average molecular weight is 324 g/mol. The van der Waals surface area contributed by atoms with Gasteiger partial charge < -0.3 is 4.52 Å². The topological polar surface area (TPSA) is 38.9 Å². The second-order valence-corrected chi connectivity index (χ2v) is 7.30. The summed E-state index contributed by atoms with van der Waals surface area (Å²) in [6, 6.07) is 16.4. The molecule has 1 aromatic heterocycles. The van der Waals surface area contributed by atoms with Crippen LogP contribution in [0.1, 0.15) is 26.3 Å². The van der Waals surface area contributed by atoms with Gasteiger partial charge in [0.05, 0.1) is 5.56 Å². The Bertz CT molecular complexity index is 801. The molecule has 0 saturated heterocycles. The van der Waals surface area contributed by atoms with Gasteiger partial charge in [-0.1, -0.05) is 62.3 Å². The molecule has 0 N–H and O–H groups in total. The van der Waals surface area contributed by atoms with Gasteiger partial charge in [-0.15, -0.1) is 11.8 Å². The van der Waals surface area contributed by atoms with Crippen LogP contribution in [0, 0.1) is 0 Å². The lowest BCUT2D eigenvalue weighted by Gasteiger charge is -2.18. The van der Waals surface area contributed by atoms with Gasteiger partial charge in [0.1, 0.15) is 0 Å². The van der Waals surface area contributed by atoms with Crippen LogP contribution < -0.4 is 0 Å². The second-order valence-electron chi connectivity index (χ2n) is 6.45. The van der Waals surface area contributed by atoms with E-state index in [1.54, 1.807) is 11.8 Å². The molecule has 4 heteroatoms. The first-order chi connectivity index (χ1) is 11.0. The number of aromatic nitrogens is 2. The molecule has 23 heavy (non-hydrogen) atoms. The summed E-state index contributed by atoms with van der Waals surface area (Å²) in [5.41, 5.74) is 3.37. The number of hydrogen-bond acceptors (Lipinski definition) is 4. The largest absolute Gasteiger partial charge is 0.334 e. The minimum Gasteiger partial charge on any atom is -0.334 e. The molecular weight excluding hydrogens is 304 g/mol. The maximum Gasteiger partial charge on any atom is 0.259 e. The molecule has 0 unspecified atom stereocenters. The van der Waals surface area contributed by atoms with Crippen molar-refractivity contribution < 1.29 is 4.52 Å². The van der Waals surface area contributed by atoms with E-state index in [1.807, 2.05) is 24.5 Å². The number of hydrogen-bond donors (Lipinski definition) is 0. The predicted molar refractivity (Wildman–Crippen MR) is 95.7 cm³/mol. The highest BCUT2D eigenvalue weighted by Crippen LogP contribution is 2.30. The fourth-order valence-corrected chi connectivity index (χ4v) is 2.98. The lowest BCUT2D eigenvalue weighted by Crippen LogP contribution is -2.10. The summed E-state index contributed by atoms with van der Waals surface area (Å²) in [4.78, 5) is 5.69. The first-order valence-corrected chi connectivity index (χ1v) is 8.79. The van der Waals surface area contributed by atoms with Crippen LogP contribution in [0.25, 0.3) is 22.8 Å². The van der Waals surface area contributed by atoms with Gasteiger partial charge in [-0.2, -0.15) is 4.98 Å². The molecule has 0 fully saturated rings. The Labute approximate surface area is 141 Å². The fraction of sp³-hybridized carbons (Fsp3) is 0.263. The van der Waals surface area contributed by atoms with Crippen molar-refractivity contribution in [3.05, 3.63) is 54.1 Å². The maximum atomic E-state index is 5.47. The zero-order valence-corrected chi connectivity index (χ0v) is 14.6. The Hall–Kier alpha value is -2.07. The highest BCUT2D eigenvalue weighted by Gasteiger charge is 2.16. The van der Waals surface area contributed by atoms with Crippen molar-refractivity contribution in [3.63, 3.8) is 0 Å². The Morgan fingerprint density at radius 1 is 0.957 bits per heavy atom. The summed E-state index contributed by atoms with van der Waals surface area (Å²) in [6.07, 6.45) is 2.04. The van der Waals surface area contributed by atoms with Crippen LogP contribution >= 0.6 is 11.8 Å². The number of nitrogens with zero attached hydrogens (tertiary/aromatic N) is 2. The number of rotatable bonds is 3. The van der Waals surface area contributed by atoms with Gasteiger partial charge in [0.2, 0.25) is 5.82 Å². The predicted octanol–water partition coefficient (Wildman–Crippen LogP) is 5.42. The van der Waals surface area contributed by atoms with E-state index >= 15 is 0 Å². The maximum absolute atomic E-state index is 5.47. The molecule has 0 aliphatic heterocycles. The molecule has 3 nitrogen and oxygen atoms in total. The summed E-state index contributed by atoms with van der Waals surface area (Å²) < 4.78 is 5.47. The minimum absolute atomic E-state index is 0.137. The Balaban J connectivity index is 1.93. The summed E-state index contributed by atoms with van der Waals surface area (Å²) in [7, 11) is 0. The van der Waals surface area contributed by atoms with Crippen molar-refractivity contribution in [3.8, 4) is 22.8 Å².